The molecule has 0 amide bonds. The zero-order chi connectivity index (χ0) is 13.7. The lowest BCUT2D eigenvalue weighted by Crippen LogP contribution is -2.45. The summed E-state index contributed by atoms with van der Waals surface area (Å²) >= 11 is 0. The summed E-state index contributed by atoms with van der Waals surface area (Å²) in [7, 11) is 0. The van der Waals surface area contributed by atoms with Crippen molar-refractivity contribution in [3.63, 3.8) is 0 Å². The monoisotopic (exact) mass is 260 g/mol. The molecule has 1 saturated carbocycles. The van der Waals surface area contributed by atoms with E-state index in [4.69, 9.17) is 5.73 Å². The molecule has 1 aliphatic carbocycles. The smallest absolute Gasteiger partial charge is 0.0205 e. The molecule has 0 bridgehead atoms. The maximum atomic E-state index is 5.88. The van der Waals surface area contributed by atoms with E-state index < -0.39 is 0 Å². The van der Waals surface area contributed by atoms with Crippen LogP contribution in [0.15, 0.2) is 24.3 Å². The van der Waals surface area contributed by atoms with Crippen molar-refractivity contribution in [2.24, 2.45) is 11.1 Å². The lowest BCUT2D eigenvalue weighted by molar-refractivity contribution is 0.141. The van der Waals surface area contributed by atoms with Crippen LogP contribution in [0.4, 0.5) is 0 Å². The van der Waals surface area contributed by atoms with E-state index in [2.05, 4.69) is 43.4 Å². The van der Waals surface area contributed by atoms with Crippen molar-refractivity contribution < 1.29 is 0 Å². The first-order valence-electron chi connectivity index (χ1n) is 7.69. The SMILES string of the molecule is CCC(C)c1ccc(CNCC2(CN)CCC2)cc1. The van der Waals surface area contributed by atoms with Gasteiger partial charge in [-0.25, -0.2) is 0 Å². The van der Waals surface area contributed by atoms with Crippen LogP contribution in [-0.2, 0) is 6.54 Å². The van der Waals surface area contributed by atoms with Crippen LogP contribution in [0, 0.1) is 5.41 Å². The summed E-state index contributed by atoms with van der Waals surface area (Å²) in [6.07, 6.45) is 5.14. The van der Waals surface area contributed by atoms with Crippen LogP contribution in [0.5, 0.6) is 0 Å². The van der Waals surface area contributed by atoms with Gasteiger partial charge in [0.05, 0.1) is 0 Å². The third-order valence-corrected chi connectivity index (χ3v) is 4.84. The fourth-order valence-electron chi connectivity index (χ4n) is 2.80. The zero-order valence-electron chi connectivity index (χ0n) is 12.4. The molecule has 19 heavy (non-hydrogen) atoms. The van der Waals surface area contributed by atoms with Crippen molar-refractivity contribution in [2.45, 2.75) is 52.0 Å². The van der Waals surface area contributed by atoms with E-state index >= 15 is 0 Å². The van der Waals surface area contributed by atoms with Gasteiger partial charge in [0, 0.05) is 13.1 Å². The second-order valence-corrected chi connectivity index (χ2v) is 6.21. The third kappa shape index (κ3) is 3.58. The largest absolute Gasteiger partial charge is 0.330 e. The average Bonchev–Trinajstić information content (AvgIpc) is 2.41. The molecule has 0 saturated heterocycles. The van der Waals surface area contributed by atoms with Gasteiger partial charge in [0.2, 0.25) is 0 Å². The van der Waals surface area contributed by atoms with Crippen molar-refractivity contribution >= 4 is 0 Å². The minimum Gasteiger partial charge on any atom is -0.330 e. The highest BCUT2D eigenvalue weighted by atomic mass is 14.9. The van der Waals surface area contributed by atoms with E-state index in [9.17, 15) is 0 Å². The van der Waals surface area contributed by atoms with Crippen molar-refractivity contribution in [1.82, 2.24) is 5.32 Å². The molecule has 3 N–H and O–H groups in total. The maximum Gasteiger partial charge on any atom is 0.0205 e. The Morgan fingerprint density at radius 1 is 1.26 bits per heavy atom. The van der Waals surface area contributed by atoms with Crippen LogP contribution in [0.1, 0.15) is 56.6 Å². The predicted molar refractivity (Wildman–Crippen MR) is 82.2 cm³/mol. The van der Waals surface area contributed by atoms with Crippen LogP contribution in [0.25, 0.3) is 0 Å². The van der Waals surface area contributed by atoms with Gasteiger partial charge in [0.15, 0.2) is 0 Å². The summed E-state index contributed by atoms with van der Waals surface area (Å²) in [6, 6.07) is 9.05. The number of hydrogen-bond acceptors (Lipinski definition) is 2. The molecule has 2 heteroatoms. The third-order valence-electron chi connectivity index (χ3n) is 4.84. The number of hydrogen-bond donors (Lipinski definition) is 2. The Morgan fingerprint density at radius 3 is 2.42 bits per heavy atom. The van der Waals surface area contributed by atoms with E-state index in [1.165, 1.54) is 36.8 Å². The number of nitrogens with one attached hydrogen (secondary N) is 1. The highest BCUT2D eigenvalue weighted by Gasteiger charge is 2.34. The summed E-state index contributed by atoms with van der Waals surface area (Å²) < 4.78 is 0. The molecule has 0 aliphatic heterocycles. The highest BCUT2D eigenvalue weighted by molar-refractivity contribution is 5.24. The fourth-order valence-corrected chi connectivity index (χ4v) is 2.80. The Bertz CT molecular complexity index is 373. The molecular formula is C17H28N2. The van der Waals surface area contributed by atoms with Crippen molar-refractivity contribution in [2.75, 3.05) is 13.1 Å². The van der Waals surface area contributed by atoms with Gasteiger partial charge >= 0.3 is 0 Å². The van der Waals surface area contributed by atoms with Crippen molar-refractivity contribution in [3.05, 3.63) is 35.4 Å². The Morgan fingerprint density at radius 2 is 1.95 bits per heavy atom. The first-order valence-corrected chi connectivity index (χ1v) is 7.69. The van der Waals surface area contributed by atoms with Crippen LogP contribution >= 0.6 is 0 Å². The Hall–Kier alpha value is -0.860. The van der Waals surface area contributed by atoms with Gasteiger partial charge < -0.3 is 11.1 Å². The van der Waals surface area contributed by atoms with E-state index in [0.29, 0.717) is 11.3 Å². The maximum absolute atomic E-state index is 5.88. The highest BCUT2D eigenvalue weighted by Crippen LogP contribution is 2.39. The minimum absolute atomic E-state index is 0.399. The van der Waals surface area contributed by atoms with E-state index in [1.807, 2.05) is 0 Å². The molecule has 1 aromatic carbocycles. The number of benzene rings is 1. The molecule has 0 aromatic heterocycles. The zero-order valence-corrected chi connectivity index (χ0v) is 12.4. The Balaban J connectivity index is 1.80. The molecule has 1 aliphatic rings. The molecule has 1 fully saturated rings. The summed E-state index contributed by atoms with van der Waals surface area (Å²) in [5.41, 5.74) is 9.10. The number of rotatable bonds is 7. The fraction of sp³-hybridized carbons (Fsp3) is 0.647. The van der Waals surface area contributed by atoms with Gasteiger partial charge in [0.1, 0.15) is 0 Å². The molecule has 1 aromatic rings. The van der Waals surface area contributed by atoms with Gasteiger partial charge in [-0.3, -0.25) is 0 Å². The van der Waals surface area contributed by atoms with Gasteiger partial charge in [-0.15, -0.1) is 0 Å². The molecule has 1 unspecified atom stereocenters. The van der Waals surface area contributed by atoms with Crippen molar-refractivity contribution in [3.8, 4) is 0 Å². The quantitative estimate of drug-likeness (QED) is 0.788. The van der Waals surface area contributed by atoms with Gasteiger partial charge in [-0.2, -0.15) is 0 Å². The standard InChI is InChI=1S/C17H28N2/c1-3-14(2)16-7-5-15(6-8-16)11-19-13-17(12-18)9-4-10-17/h5-8,14,19H,3-4,9-13,18H2,1-2H3. The first kappa shape index (κ1) is 14.5. The van der Waals surface area contributed by atoms with Crippen LogP contribution < -0.4 is 11.1 Å². The van der Waals surface area contributed by atoms with Gasteiger partial charge in [-0.05, 0) is 48.3 Å². The van der Waals surface area contributed by atoms with Gasteiger partial charge in [-0.1, -0.05) is 44.5 Å². The molecule has 2 rings (SSSR count). The molecule has 1 atom stereocenters. The second-order valence-electron chi connectivity index (χ2n) is 6.21. The molecule has 0 heterocycles. The van der Waals surface area contributed by atoms with E-state index in [0.717, 1.165) is 19.6 Å². The Labute approximate surface area is 117 Å². The van der Waals surface area contributed by atoms with E-state index in [-0.39, 0.29) is 0 Å². The molecule has 2 nitrogen and oxygen atoms in total. The predicted octanol–water partition coefficient (Wildman–Crippen LogP) is 3.42. The lowest BCUT2D eigenvalue weighted by atomic mass is 9.69. The van der Waals surface area contributed by atoms with Crippen LogP contribution in [0.2, 0.25) is 0 Å². The molecule has 0 spiro atoms. The molecule has 0 radical (unpaired) electrons. The first-order chi connectivity index (χ1) is 9.19. The van der Waals surface area contributed by atoms with Crippen LogP contribution in [0.3, 0.4) is 0 Å². The summed E-state index contributed by atoms with van der Waals surface area (Å²) in [4.78, 5) is 0. The number of nitrogens with two attached hydrogens (primary N) is 1. The summed E-state index contributed by atoms with van der Waals surface area (Å²) in [6.45, 7) is 7.38. The Kier molecular flexibility index (Phi) is 5.00. The van der Waals surface area contributed by atoms with Crippen LogP contribution in [-0.4, -0.2) is 13.1 Å². The molecular weight excluding hydrogens is 232 g/mol. The normalized spacial score (nSPS) is 18.9. The second kappa shape index (κ2) is 6.53. The van der Waals surface area contributed by atoms with Gasteiger partial charge in [0.25, 0.3) is 0 Å². The topological polar surface area (TPSA) is 38.0 Å². The lowest BCUT2D eigenvalue weighted by Gasteiger charge is -2.41. The summed E-state index contributed by atoms with van der Waals surface area (Å²) in [5.74, 6) is 0.664. The summed E-state index contributed by atoms with van der Waals surface area (Å²) in [5, 5.41) is 3.58. The molecule has 106 valence electrons. The van der Waals surface area contributed by atoms with E-state index in [1.54, 1.807) is 0 Å². The average molecular weight is 260 g/mol. The minimum atomic E-state index is 0.399. The van der Waals surface area contributed by atoms with Crippen molar-refractivity contribution in [1.29, 1.82) is 0 Å².